The van der Waals surface area contributed by atoms with Gasteiger partial charge in [0.05, 0.1) is 0 Å². The van der Waals surface area contributed by atoms with Gasteiger partial charge in [-0.15, -0.1) is 0 Å². The average molecular weight is 340 g/mol. The fourth-order valence-corrected chi connectivity index (χ4v) is 1.42. The van der Waals surface area contributed by atoms with Crippen molar-refractivity contribution in [3.8, 4) is 0 Å². The molecule has 0 spiro atoms. The van der Waals surface area contributed by atoms with Gasteiger partial charge in [-0.25, -0.2) is 0 Å². The maximum absolute atomic E-state index is 13.4. The summed E-state index contributed by atoms with van der Waals surface area (Å²) in [6.45, 7) is 0. The van der Waals surface area contributed by atoms with Crippen LogP contribution in [0.15, 0.2) is 24.3 Å². The smallest absolute Gasteiger partial charge is 0.423 e. The second-order valence-electron chi connectivity index (χ2n) is 4.22. The maximum Gasteiger partial charge on any atom is 0.488 e. The summed E-state index contributed by atoms with van der Waals surface area (Å²) in [7, 11) is -2.17. The highest BCUT2D eigenvalue weighted by atomic mass is 19.4. The van der Waals surface area contributed by atoms with E-state index in [-0.39, 0.29) is 12.1 Å². The minimum Gasteiger partial charge on any atom is -0.423 e. The Morgan fingerprint density at radius 1 is 0.682 bits per heavy atom. The van der Waals surface area contributed by atoms with Gasteiger partial charge in [-0.05, 0) is 5.46 Å². The molecule has 0 amide bonds. The molecule has 0 bridgehead atoms. The van der Waals surface area contributed by atoms with Gasteiger partial charge in [-0.3, -0.25) is 0 Å². The summed E-state index contributed by atoms with van der Waals surface area (Å²) in [5.41, 5.74) is -2.30. The monoisotopic (exact) mass is 340 g/mol. The van der Waals surface area contributed by atoms with Crippen molar-refractivity contribution in [3.05, 3.63) is 29.8 Å². The van der Waals surface area contributed by atoms with Gasteiger partial charge < -0.3 is 10.0 Å². The first-order chi connectivity index (χ1) is 9.66. The zero-order valence-electron chi connectivity index (χ0n) is 10.2. The summed E-state index contributed by atoms with van der Waals surface area (Å²) in [6.07, 6.45) is -6.89. The summed E-state index contributed by atoms with van der Waals surface area (Å²) in [6, 6.07) is 1.12. The highest BCUT2D eigenvalue weighted by Crippen LogP contribution is 2.56. The lowest BCUT2D eigenvalue weighted by Crippen LogP contribution is -2.59. The molecule has 1 aromatic carbocycles. The Labute approximate surface area is 117 Å². The summed E-state index contributed by atoms with van der Waals surface area (Å²) in [5.74, 6) is -19.6. The predicted molar refractivity (Wildman–Crippen MR) is 56.1 cm³/mol. The Kier molecular flexibility index (Phi) is 4.52. The number of rotatable bonds is 4. The molecule has 0 fully saturated rings. The molecule has 1 rings (SSSR count). The van der Waals surface area contributed by atoms with Crippen molar-refractivity contribution in [2.75, 3.05) is 0 Å². The normalized spacial score (nSPS) is 14.1. The van der Waals surface area contributed by atoms with Crippen LogP contribution in [0, 0.1) is 0 Å². The standard InChI is InChI=1S/C10H6BF9O2/c12-7(13,5-1-3-6(4-2-5)11(21)22)8(14,15)9(16,17)10(18,19)20/h1-4,21-22H. The van der Waals surface area contributed by atoms with E-state index < -0.39 is 42.1 Å². The van der Waals surface area contributed by atoms with Gasteiger partial charge in [0.25, 0.3) is 0 Å². The molecule has 0 aliphatic carbocycles. The Hall–Kier alpha value is -1.43. The van der Waals surface area contributed by atoms with Crippen LogP contribution >= 0.6 is 0 Å². The van der Waals surface area contributed by atoms with Gasteiger partial charge in [0.1, 0.15) is 0 Å². The molecular weight excluding hydrogens is 334 g/mol. The molecule has 12 heteroatoms. The van der Waals surface area contributed by atoms with Crippen LogP contribution in [0.5, 0.6) is 0 Å². The van der Waals surface area contributed by atoms with Gasteiger partial charge >= 0.3 is 31.1 Å². The van der Waals surface area contributed by atoms with Crippen molar-refractivity contribution in [1.29, 1.82) is 0 Å². The maximum atomic E-state index is 13.4. The van der Waals surface area contributed by atoms with Gasteiger partial charge in [0, 0.05) is 5.56 Å². The van der Waals surface area contributed by atoms with Crippen molar-refractivity contribution >= 4 is 12.6 Å². The fraction of sp³-hybridized carbons (Fsp3) is 0.400. The van der Waals surface area contributed by atoms with E-state index in [0.29, 0.717) is 12.1 Å². The van der Waals surface area contributed by atoms with Crippen LogP contribution in [0.1, 0.15) is 5.56 Å². The third-order valence-electron chi connectivity index (χ3n) is 2.72. The number of hydrogen-bond acceptors (Lipinski definition) is 2. The van der Waals surface area contributed by atoms with Gasteiger partial charge in [0.2, 0.25) is 0 Å². The molecule has 0 heterocycles. The molecule has 0 aliphatic rings. The second kappa shape index (κ2) is 5.34. The molecule has 0 saturated carbocycles. The molecule has 0 aromatic heterocycles. The molecular formula is C10H6BF9O2. The lowest BCUT2D eigenvalue weighted by molar-refractivity contribution is -0.399. The highest BCUT2D eigenvalue weighted by Gasteiger charge is 2.81. The van der Waals surface area contributed by atoms with Gasteiger partial charge in [-0.2, -0.15) is 39.5 Å². The van der Waals surface area contributed by atoms with Gasteiger partial charge in [-0.1, -0.05) is 24.3 Å². The van der Waals surface area contributed by atoms with Crippen molar-refractivity contribution in [3.63, 3.8) is 0 Å². The average Bonchev–Trinajstić information content (AvgIpc) is 2.37. The van der Waals surface area contributed by atoms with E-state index in [1.165, 1.54) is 0 Å². The van der Waals surface area contributed by atoms with Crippen LogP contribution in [-0.2, 0) is 5.92 Å². The molecule has 0 unspecified atom stereocenters. The first-order valence-electron chi connectivity index (χ1n) is 5.33. The van der Waals surface area contributed by atoms with E-state index >= 15 is 0 Å². The zero-order chi connectivity index (χ0) is 17.6. The third kappa shape index (κ3) is 2.76. The molecule has 0 aliphatic heterocycles. The van der Waals surface area contributed by atoms with Crippen LogP contribution in [0.3, 0.4) is 0 Å². The SMILES string of the molecule is OB(O)c1ccc(C(F)(F)C(F)(F)C(F)(F)C(F)(F)F)cc1. The van der Waals surface area contributed by atoms with Crippen LogP contribution in [0.25, 0.3) is 0 Å². The zero-order valence-corrected chi connectivity index (χ0v) is 10.2. The van der Waals surface area contributed by atoms with E-state index in [1.54, 1.807) is 0 Å². The molecule has 2 N–H and O–H groups in total. The lowest BCUT2D eigenvalue weighted by Gasteiger charge is -2.33. The molecule has 0 atom stereocenters. The first kappa shape index (κ1) is 18.6. The molecule has 0 saturated heterocycles. The third-order valence-corrected chi connectivity index (χ3v) is 2.72. The van der Waals surface area contributed by atoms with E-state index in [1.807, 2.05) is 0 Å². The Balaban J connectivity index is 3.32. The van der Waals surface area contributed by atoms with Crippen molar-refractivity contribution in [2.45, 2.75) is 23.9 Å². The molecule has 2 nitrogen and oxygen atoms in total. The molecule has 124 valence electrons. The fourth-order valence-electron chi connectivity index (χ4n) is 1.42. The Bertz CT molecular complexity index is 524. The highest BCUT2D eigenvalue weighted by molar-refractivity contribution is 6.58. The number of halogens is 9. The molecule has 1 aromatic rings. The largest absolute Gasteiger partial charge is 0.488 e. The quantitative estimate of drug-likeness (QED) is 0.652. The van der Waals surface area contributed by atoms with Crippen molar-refractivity contribution in [2.24, 2.45) is 0 Å². The van der Waals surface area contributed by atoms with E-state index in [9.17, 15) is 39.5 Å². The number of benzene rings is 1. The minimum absolute atomic E-state index is 0.0924. The van der Waals surface area contributed by atoms with Gasteiger partial charge in [0.15, 0.2) is 0 Å². The van der Waals surface area contributed by atoms with Crippen LogP contribution in [0.2, 0.25) is 0 Å². The van der Waals surface area contributed by atoms with E-state index in [4.69, 9.17) is 10.0 Å². The predicted octanol–water partition coefficient (Wildman–Crippen LogP) is 2.29. The summed E-state index contributed by atoms with van der Waals surface area (Å²) in [4.78, 5) is 0. The minimum atomic E-state index is -6.97. The van der Waals surface area contributed by atoms with Crippen LogP contribution in [0.4, 0.5) is 39.5 Å². The van der Waals surface area contributed by atoms with Crippen molar-refractivity contribution in [1.82, 2.24) is 0 Å². The summed E-state index contributed by atoms with van der Waals surface area (Å²) < 4.78 is 114. The summed E-state index contributed by atoms with van der Waals surface area (Å²) >= 11 is 0. The lowest BCUT2D eigenvalue weighted by atomic mass is 9.79. The second-order valence-corrected chi connectivity index (χ2v) is 4.22. The van der Waals surface area contributed by atoms with Crippen LogP contribution in [-0.4, -0.2) is 35.2 Å². The summed E-state index contributed by atoms with van der Waals surface area (Å²) in [5, 5.41) is 17.3. The first-order valence-corrected chi connectivity index (χ1v) is 5.33. The number of alkyl halides is 9. The molecule has 0 radical (unpaired) electrons. The van der Waals surface area contributed by atoms with E-state index in [2.05, 4.69) is 0 Å². The Morgan fingerprint density at radius 3 is 1.41 bits per heavy atom. The van der Waals surface area contributed by atoms with Crippen molar-refractivity contribution < 1.29 is 49.6 Å². The van der Waals surface area contributed by atoms with Crippen LogP contribution < -0.4 is 5.46 Å². The Morgan fingerprint density at radius 2 is 1.09 bits per heavy atom. The molecule has 22 heavy (non-hydrogen) atoms. The topological polar surface area (TPSA) is 40.5 Å². The number of hydrogen-bond donors (Lipinski definition) is 2. The van der Waals surface area contributed by atoms with E-state index in [0.717, 1.165) is 0 Å².